The fourth-order valence-electron chi connectivity index (χ4n) is 2.69. The summed E-state index contributed by atoms with van der Waals surface area (Å²) >= 11 is 0. The second-order valence-corrected chi connectivity index (χ2v) is 5.72. The topological polar surface area (TPSA) is 75.6 Å². The highest BCUT2D eigenvalue weighted by atomic mass is 16.5. The van der Waals surface area contributed by atoms with Crippen LogP contribution in [0.2, 0.25) is 0 Å². The summed E-state index contributed by atoms with van der Waals surface area (Å²) in [7, 11) is 1.65. The van der Waals surface area contributed by atoms with E-state index in [1.165, 1.54) is 6.07 Å². The van der Waals surface area contributed by atoms with Crippen molar-refractivity contribution in [1.29, 1.82) is 0 Å². The third kappa shape index (κ3) is 3.61. The van der Waals surface area contributed by atoms with Crippen LogP contribution in [0.3, 0.4) is 0 Å². The number of amides is 1. The number of aromatic carboxylic acids is 1. The number of carbonyl (C=O) groups excluding carboxylic acids is 1. The van der Waals surface area contributed by atoms with Gasteiger partial charge in [-0.15, -0.1) is 0 Å². The Kier molecular flexibility index (Phi) is 4.63. The van der Waals surface area contributed by atoms with Crippen LogP contribution in [-0.2, 0) is 4.74 Å². The molecule has 0 heterocycles. The number of methoxy groups -OCH3 is 1. The van der Waals surface area contributed by atoms with Crippen molar-refractivity contribution < 1.29 is 19.4 Å². The van der Waals surface area contributed by atoms with Gasteiger partial charge in [0.15, 0.2) is 0 Å². The molecule has 1 aromatic carbocycles. The summed E-state index contributed by atoms with van der Waals surface area (Å²) in [5, 5.41) is 12.1. The molecule has 0 bridgehead atoms. The molecule has 5 heteroatoms. The quantitative estimate of drug-likeness (QED) is 0.843. The molecule has 0 aliphatic heterocycles. The van der Waals surface area contributed by atoms with Gasteiger partial charge in [-0.2, -0.15) is 0 Å². The molecule has 0 radical (unpaired) electrons. The molecule has 2 rings (SSSR count). The van der Waals surface area contributed by atoms with E-state index < -0.39 is 5.97 Å². The molecular formula is C16H21NO4. The summed E-state index contributed by atoms with van der Waals surface area (Å²) in [6.07, 6.45) is 3.77. The van der Waals surface area contributed by atoms with E-state index in [1.807, 2.05) is 0 Å². The summed E-state index contributed by atoms with van der Waals surface area (Å²) in [5.41, 5.74) is 1.11. The Morgan fingerprint density at radius 1 is 1.29 bits per heavy atom. The van der Waals surface area contributed by atoms with Gasteiger partial charge in [-0.3, -0.25) is 4.79 Å². The minimum atomic E-state index is -1.02. The van der Waals surface area contributed by atoms with Gasteiger partial charge in [0.1, 0.15) is 0 Å². The zero-order chi connectivity index (χ0) is 15.5. The SMILES string of the molecule is COCCC1(NC(=O)c2cc(C)cc(C(=O)O)c2)CCC1. The number of hydrogen-bond acceptors (Lipinski definition) is 3. The molecule has 21 heavy (non-hydrogen) atoms. The average molecular weight is 291 g/mol. The third-order valence-corrected chi connectivity index (χ3v) is 4.06. The first-order valence-electron chi connectivity index (χ1n) is 7.12. The zero-order valence-corrected chi connectivity index (χ0v) is 12.4. The Labute approximate surface area is 124 Å². The fourth-order valence-corrected chi connectivity index (χ4v) is 2.69. The Morgan fingerprint density at radius 3 is 2.48 bits per heavy atom. The smallest absolute Gasteiger partial charge is 0.335 e. The molecule has 1 saturated carbocycles. The minimum Gasteiger partial charge on any atom is -0.478 e. The monoisotopic (exact) mass is 291 g/mol. The van der Waals surface area contributed by atoms with Gasteiger partial charge in [0.05, 0.1) is 5.56 Å². The molecule has 5 nitrogen and oxygen atoms in total. The van der Waals surface area contributed by atoms with Crippen LogP contribution >= 0.6 is 0 Å². The van der Waals surface area contributed by atoms with Crippen LogP contribution in [0.15, 0.2) is 18.2 Å². The minimum absolute atomic E-state index is 0.139. The van der Waals surface area contributed by atoms with Crippen molar-refractivity contribution in [3.05, 3.63) is 34.9 Å². The molecule has 1 aliphatic rings. The molecule has 1 amide bonds. The maximum atomic E-state index is 12.4. The molecule has 114 valence electrons. The second-order valence-electron chi connectivity index (χ2n) is 5.72. The molecule has 2 N–H and O–H groups in total. The van der Waals surface area contributed by atoms with Gasteiger partial charge < -0.3 is 15.2 Å². The maximum absolute atomic E-state index is 12.4. The van der Waals surface area contributed by atoms with Crippen LogP contribution in [0.1, 0.15) is 52.0 Å². The van der Waals surface area contributed by atoms with Crippen LogP contribution in [0.4, 0.5) is 0 Å². The zero-order valence-electron chi connectivity index (χ0n) is 12.4. The predicted octanol–water partition coefficient (Wildman–Crippen LogP) is 2.38. The predicted molar refractivity (Wildman–Crippen MR) is 78.7 cm³/mol. The summed E-state index contributed by atoms with van der Waals surface area (Å²) in [6.45, 7) is 2.39. The molecule has 0 aromatic heterocycles. The van der Waals surface area contributed by atoms with E-state index in [2.05, 4.69) is 5.32 Å². The van der Waals surface area contributed by atoms with Gasteiger partial charge in [0.2, 0.25) is 0 Å². The number of hydrogen-bond donors (Lipinski definition) is 2. The lowest BCUT2D eigenvalue weighted by Gasteiger charge is -2.42. The number of aryl methyl sites for hydroxylation is 1. The lowest BCUT2D eigenvalue weighted by molar-refractivity contribution is 0.0696. The van der Waals surface area contributed by atoms with Crippen molar-refractivity contribution in [3.8, 4) is 0 Å². The molecule has 0 saturated heterocycles. The van der Waals surface area contributed by atoms with Crippen molar-refractivity contribution in [2.24, 2.45) is 0 Å². The fraction of sp³-hybridized carbons (Fsp3) is 0.500. The van der Waals surface area contributed by atoms with E-state index in [0.29, 0.717) is 12.2 Å². The molecule has 1 aromatic rings. The number of carboxylic acid groups (broad SMARTS) is 1. The van der Waals surface area contributed by atoms with Crippen molar-refractivity contribution in [1.82, 2.24) is 5.32 Å². The summed E-state index contributed by atoms with van der Waals surface area (Å²) in [4.78, 5) is 23.5. The number of carboxylic acids is 1. The van der Waals surface area contributed by atoms with E-state index in [1.54, 1.807) is 26.2 Å². The highest BCUT2D eigenvalue weighted by molar-refractivity contribution is 5.98. The first-order chi connectivity index (χ1) is 9.96. The Balaban J connectivity index is 2.14. The maximum Gasteiger partial charge on any atom is 0.335 e. The third-order valence-electron chi connectivity index (χ3n) is 4.06. The van der Waals surface area contributed by atoms with E-state index >= 15 is 0 Å². The van der Waals surface area contributed by atoms with Gasteiger partial charge >= 0.3 is 5.97 Å². The number of ether oxygens (including phenoxy) is 1. The van der Waals surface area contributed by atoms with E-state index in [0.717, 1.165) is 31.2 Å². The van der Waals surface area contributed by atoms with E-state index in [-0.39, 0.29) is 17.0 Å². The van der Waals surface area contributed by atoms with Crippen molar-refractivity contribution in [3.63, 3.8) is 0 Å². The van der Waals surface area contributed by atoms with Crippen molar-refractivity contribution in [2.45, 2.75) is 38.1 Å². The van der Waals surface area contributed by atoms with Gasteiger partial charge in [-0.05, 0) is 56.4 Å². The van der Waals surface area contributed by atoms with Gasteiger partial charge in [0.25, 0.3) is 5.91 Å². The van der Waals surface area contributed by atoms with Crippen molar-refractivity contribution >= 4 is 11.9 Å². The van der Waals surface area contributed by atoms with Gasteiger partial charge in [0, 0.05) is 24.8 Å². The highest BCUT2D eigenvalue weighted by Crippen LogP contribution is 2.35. The van der Waals surface area contributed by atoms with Gasteiger partial charge in [-0.1, -0.05) is 0 Å². The largest absolute Gasteiger partial charge is 0.478 e. The van der Waals surface area contributed by atoms with Crippen LogP contribution in [0.5, 0.6) is 0 Å². The number of benzene rings is 1. The average Bonchev–Trinajstić information content (AvgIpc) is 2.40. The molecule has 0 atom stereocenters. The van der Waals surface area contributed by atoms with E-state index in [4.69, 9.17) is 9.84 Å². The standard InChI is InChI=1S/C16H21NO4/c1-11-8-12(10-13(9-11)15(19)20)14(18)17-16(4-3-5-16)6-7-21-2/h8-10H,3-7H2,1-2H3,(H,17,18)(H,19,20). The Morgan fingerprint density at radius 2 is 1.95 bits per heavy atom. The number of carbonyl (C=O) groups is 2. The van der Waals surface area contributed by atoms with Crippen LogP contribution in [-0.4, -0.2) is 36.2 Å². The Bertz CT molecular complexity index is 549. The van der Waals surface area contributed by atoms with Crippen LogP contribution in [0.25, 0.3) is 0 Å². The molecule has 1 fully saturated rings. The van der Waals surface area contributed by atoms with Crippen molar-refractivity contribution in [2.75, 3.05) is 13.7 Å². The first-order valence-corrected chi connectivity index (χ1v) is 7.12. The van der Waals surface area contributed by atoms with E-state index in [9.17, 15) is 9.59 Å². The van der Waals surface area contributed by atoms with Gasteiger partial charge in [-0.25, -0.2) is 4.79 Å². The Hall–Kier alpha value is -1.88. The molecule has 1 aliphatic carbocycles. The first kappa shape index (κ1) is 15.5. The summed E-state index contributed by atoms with van der Waals surface area (Å²) < 4.78 is 5.10. The normalized spacial score (nSPS) is 16.1. The lowest BCUT2D eigenvalue weighted by Crippen LogP contribution is -2.54. The van der Waals surface area contributed by atoms with Crippen LogP contribution in [0, 0.1) is 6.92 Å². The van der Waals surface area contributed by atoms with Crippen LogP contribution < -0.4 is 5.32 Å². The molecule has 0 unspecified atom stereocenters. The molecular weight excluding hydrogens is 270 g/mol. The summed E-state index contributed by atoms with van der Waals surface area (Å²) in [6, 6.07) is 4.70. The second kappa shape index (κ2) is 6.26. The number of nitrogens with one attached hydrogen (secondary N) is 1. The number of rotatable bonds is 6. The molecule has 0 spiro atoms. The lowest BCUT2D eigenvalue weighted by atomic mass is 9.74. The highest BCUT2D eigenvalue weighted by Gasteiger charge is 2.38. The summed E-state index contributed by atoms with van der Waals surface area (Å²) in [5.74, 6) is -1.23.